The fourth-order valence-electron chi connectivity index (χ4n) is 1.51. The van der Waals surface area contributed by atoms with E-state index in [1.807, 2.05) is 39.0 Å². The molecule has 1 nitrogen and oxygen atoms in total. The highest BCUT2D eigenvalue weighted by Crippen LogP contribution is 2.30. The first kappa shape index (κ1) is 10.3. The second-order valence-corrected chi connectivity index (χ2v) is 4.18. The first-order chi connectivity index (χ1) is 5.99. The Balaban J connectivity index is 3.36. The molecule has 0 N–H and O–H groups in total. The first-order valence-electron chi connectivity index (χ1n) is 4.21. The molecule has 0 saturated heterocycles. The monoisotopic (exact) mass is 196 g/mol. The summed E-state index contributed by atoms with van der Waals surface area (Å²) in [6, 6.07) is 5.67. The maximum atomic E-state index is 10.9. The Labute approximate surface area is 83.7 Å². The summed E-state index contributed by atoms with van der Waals surface area (Å²) in [5.74, 6) is 0. The quantitative estimate of drug-likeness (QED) is 0.665. The number of carbonyl (C=O) groups excluding carboxylic acids is 1. The minimum atomic E-state index is -0.498. The Kier molecular flexibility index (Phi) is 2.77. The van der Waals surface area contributed by atoms with Gasteiger partial charge in [0.1, 0.15) is 6.29 Å². The zero-order chi connectivity index (χ0) is 10.1. The number of carbonyl (C=O) groups is 1. The van der Waals surface area contributed by atoms with E-state index in [2.05, 4.69) is 0 Å². The molecule has 0 aliphatic carbocycles. The third-order valence-corrected chi connectivity index (χ3v) is 2.48. The number of benzene rings is 1. The Hall–Kier alpha value is -0.820. The minimum Gasteiger partial charge on any atom is -0.302 e. The summed E-state index contributed by atoms with van der Waals surface area (Å²) in [5.41, 5.74) is 1.49. The Morgan fingerprint density at radius 1 is 1.38 bits per heavy atom. The second-order valence-electron chi connectivity index (χ2n) is 3.77. The van der Waals surface area contributed by atoms with E-state index in [0.29, 0.717) is 5.02 Å². The van der Waals surface area contributed by atoms with Crippen LogP contribution in [0.25, 0.3) is 0 Å². The van der Waals surface area contributed by atoms with E-state index in [4.69, 9.17) is 11.6 Å². The van der Waals surface area contributed by atoms with Gasteiger partial charge in [-0.05, 0) is 38.0 Å². The highest BCUT2D eigenvalue weighted by atomic mass is 35.5. The number of aldehydes is 1. The standard InChI is InChI=1S/C11H13ClO/c1-8-5-4-6-9(12)10(8)11(2,3)7-13/h4-7H,1-3H3. The summed E-state index contributed by atoms with van der Waals surface area (Å²) in [7, 11) is 0. The summed E-state index contributed by atoms with van der Waals surface area (Å²) >= 11 is 6.03. The van der Waals surface area contributed by atoms with Crippen LogP contribution in [0, 0.1) is 6.92 Å². The van der Waals surface area contributed by atoms with Gasteiger partial charge in [-0.1, -0.05) is 23.7 Å². The molecule has 70 valence electrons. The van der Waals surface area contributed by atoms with Gasteiger partial charge in [0.05, 0.1) is 0 Å². The zero-order valence-electron chi connectivity index (χ0n) is 8.10. The van der Waals surface area contributed by atoms with Crippen LogP contribution >= 0.6 is 11.6 Å². The fraction of sp³-hybridized carbons (Fsp3) is 0.364. The Morgan fingerprint density at radius 2 is 2.00 bits per heavy atom. The normalized spacial score (nSPS) is 11.4. The molecule has 1 aromatic carbocycles. The van der Waals surface area contributed by atoms with Crippen molar-refractivity contribution in [1.29, 1.82) is 0 Å². The van der Waals surface area contributed by atoms with Crippen molar-refractivity contribution in [2.24, 2.45) is 0 Å². The number of rotatable bonds is 2. The van der Waals surface area contributed by atoms with Crippen molar-refractivity contribution in [2.45, 2.75) is 26.2 Å². The summed E-state index contributed by atoms with van der Waals surface area (Å²) in [6.07, 6.45) is 0.932. The first-order valence-corrected chi connectivity index (χ1v) is 4.59. The maximum Gasteiger partial charge on any atom is 0.130 e. The van der Waals surface area contributed by atoms with Crippen LogP contribution < -0.4 is 0 Å². The fourth-order valence-corrected chi connectivity index (χ4v) is 1.97. The van der Waals surface area contributed by atoms with E-state index in [9.17, 15) is 4.79 Å². The molecule has 1 rings (SSSR count). The third-order valence-electron chi connectivity index (χ3n) is 2.16. The third kappa shape index (κ3) is 1.92. The van der Waals surface area contributed by atoms with Crippen LogP contribution in [-0.2, 0) is 10.2 Å². The molecule has 0 heterocycles. The second kappa shape index (κ2) is 3.51. The van der Waals surface area contributed by atoms with Crippen molar-refractivity contribution < 1.29 is 4.79 Å². The molecule has 0 spiro atoms. The molecule has 0 amide bonds. The van der Waals surface area contributed by atoms with E-state index in [0.717, 1.165) is 17.4 Å². The molecular formula is C11H13ClO. The highest BCUT2D eigenvalue weighted by molar-refractivity contribution is 6.31. The Bertz CT molecular complexity index is 309. The molecule has 0 radical (unpaired) electrons. The van der Waals surface area contributed by atoms with Gasteiger partial charge in [-0.2, -0.15) is 0 Å². The lowest BCUT2D eigenvalue weighted by Crippen LogP contribution is -2.20. The van der Waals surface area contributed by atoms with E-state index >= 15 is 0 Å². The van der Waals surface area contributed by atoms with Crippen molar-refractivity contribution in [2.75, 3.05) is 0 Å². The van der Waals surface area contributed by atoms with Crippen LogP contribution in [0.3, 0.4) is 0 Å². The largest absolute Gasteiger partial charge is 0.302 e. The van der Waals surface area contributed by atoms with Crippen LogP contribution in [0.4, 0.5) is 0 Å². The van der Waals surface area contributed by atoms with Gasteiger partial charge < -0.3 is 4.79 Å². The molecule has 0 bridgehead atoms. The van der Waals surface area contributed by atoms with Gasteiger partial charge in [-0.25, -0.2) is 0 Å². The molecule has 2 heteroatoms. The Morgan fingerprint density at radius 3 is 2.46 bits per heavy atom. The summed E-state index contributed by atoms with van der Waals surface area (Å²) < 4.78 is 0. The molecular weight excluding hydrogens is 184 g/mol. The van der Waals surface area contributed by atoms with E-state index in [-0.39, 0.29) is 0 Å². The van der Waals surface area contributed by atoms with Crippen molar-refractivity contribution in [3.8, 4) is 0 Å². The molecule has 0 unspecified atom stereocenters. The average molecular weight is 197 g/mol. The summed E-state index contributed by atoms with van der Waals surface area (Å²) in [5, 5.41) is 0.664. The SMILES string of the molecule is Cc1cccc(Cl)c1C(C)(C)C=O. The lowest BCUT2D eigenvalue weighted by atomic mass is 9.83. The molecule has 0 fully saturated rings. The molecule has 0 atom stereocenters. The predicted octanol–water partition coefficient (Wildman–Crippen LogP) is 3.12. The molecule has 0 aliphatic rings. The molecule has 13 heavy (non-hydrogen) atoms. The van der Waals surface area contributed by atoms with Gasteiger partial charge in [0, 0.05) is 10.4 Å². The van der Waals surface area contributed by atoms with Gasteiger partial charge in [0.25, 0.3) is 0 Å². The maximum absolute atomic E-state index is 10.9. The molecule has 0 aliphatic heterocycles. The van der Waals surface area contributed by atoms with E-state index < -0.39 is 5.41 Å². The van der Waals surface area contributed by atoms with Crippen LogP contribution in [0.5, 0.6) is 0 Å². The lowest BCUT2D eigenvalue weighted by Gasteiger charge is -2.21. The smallest absolute Gasteiger partial charge is 0.130 e. The molecule has 0 aromatic heterocycles. The van der Waals surface area contributed by atoms with Crippen molar-refractivity contribution in [3.63, 3.8) is 0 Å². The van der Waals surface area contributed by atoms with Crippen LogP contribution in [0.2, 0.25) is 5.02 Å². The number of aryl methyl sites for hydroxylation is 1. The summed E-state index contributed by atoms with van der Waals surface area (Å²) in [4.78, 5) is 10.9. The highest BCUT2D eigenvalue weighted by Gasteiger charge is 2.23. The molecule has 0 saturated carbocycles. The van der Waals surface area contributed by atoms with E-state index in [1.54, 1.807) is 0 Å². The lowest BCUT2D eigenvalue weighted by molar-refractivity contribution is -0.111. The van der Waals surface area contributed by atoms with Crippen molar-refractivity contribution in [3.05, 3.63) is 34.3 Å². The van der Waals surface area contributed by atoms with Crippen LogP contribution in [0.1, 0.15) is 25.0 Å². The van der Waals surface area contributed by atoms with Crippen LogP contribution in [0.15, 0.2) is 18.2 Å². The number of hydrogen-bond donors (Lipinski definition) is 0. The molecule has 1 aromatic rings. The zero-order valence-corrected chi connectivity index (χ0v) is 8.85. The number of hydrogen-bond acceptors (Lipinski definition) is 1. The topological polar surface area (TPSA) is 17.1 Å². The van der Waals surface area contributed by atoms with Crippen molar-refractivity contribution in [1.82, 2.24) is 0 Å². The minimum absolute atomic E-state index is 0.498. The van der Waals surface area contributed by atoms with Crippen molar-refractivity contribution >= 4 is 17.9 Å². The van der Waals surface area contributed by atoms with Crippen LogP contribution in [-0.4, -0.2) is 6.29 Å². The van der Waals surface area contributed by atoms with Gasteiger partial charge >= 0.3 is 0 Å². The van der Waals surface area contributed by atoms with Gasteiger partial charge in [-0.15, -0.1) is 0 Å². The number of halogens is 1. The predicted molar refractivity (Wildman–Crippen MR) is 55.3 cm³/mol. The van der Waals surface area contributed by atoms with Gasteiger partial charge in [0.15, 0.2) is 0 Å². The average Bonchev–Trinajstić information content (AvgIpc) is 2.03. The van der Waals surface area contributed by atoms with Gasteiger partial charge in [0.2, 0.25) is 0 Å². The summed E-state index contributed by atoms with van der Waals surface area (Å²) in [6.45, 7) is 5.70. The van der Waals surface area contributed by atoms with Gasteiger partial charge in [-0.3, -0.25) is 0 Å². The van der Waals surface area contributed by atoms with E-state index in [1.165, 1.54) is 0 Å².